The van der Waals surface area contributed by atoms with Gasteiger partial charge in [-0.05, 0) is 6.07 Å². The van der Waals surface area contributed by atoms with Crippen LogP contribution in [0.1, 0.15) is 10.4 Å². The number of hydrogen-bond acceptors (Lipinski definition) is 6. The predicted molar refractivity (Wildman–Crippen MR) is 59.2 cm³/mol. The number of carbonyl (C=O) groups is 1. The number of nitro groups is 1. The first kappa shape index (κ1) is 11.6. The smallest absolute Gasteiger partial charge is 0.273 e. The Morgan fingerprint density at radius 1 is 1.44 bits per heavy atom. The Bertz CT molecular complexity index is 594. The predicted octanol–water partition coefficient (Wildman–Crippen LogP) is 1.54. The van der Waals surface area contributed by atoms with Gasteiger partial charge in [-0.25, -0.2) is 0 Å². The van der Waals surface area contributed by atoms with Crippen molar-refractivity contribution in [3.8, 4) is 5.75 Å². The molecule has 8 heteroatoms. The molecule has 0 bridgehead atoms. The largest absolute Gasteiger partial charge is 0.507 e. The molecule has 2 rings (SSSR count). The molecule has 0 saturated carbocycles. The summed E-state index contributed by atoms with van der Waals surface area (Å²) in [5.41, 5.74) is -0.394. The van der Waals surface area contributed by atoms with E-state index in [9.17, 15) is 20.0 Å². The maximum absolute atomic E-state index is 11.7. The Morgan fingerprint density at radius 3 is 2.78 bits per heavy atom. The fraction of sp³-hybridized carbons (Fsp3) is 0. The van der Waals surface area contributed by atoms with Crippen LogP contribution in [0.2, 0.25) is 0 Å². The number of nitrogens with one attached hydrogen (secondary N) is 1. The van der Waals surface area contributed by atoms with Gasteiger partial charge >= 0.3 is 0 Å². The van der Waals surface area contributed by atoms with Crippen LogP contribution in [-0.4, -0.2) is 21.1 Å². The summed E-state index contributed by atoms with van der Waals surface area (Å²) in [5.74, 6) is -0.945. The number of aromatic nitrogens is 1. The number of rotatable bonds is 3. The average molecular weight is 249 g/mol. The highest BCUT2D eigenvalue weighted by Gasteiger charge is 2.16. The maximum Gasteiger partial charge on any atom is 0.273 e. The zero-order valence-electron chi connectivity index (χ0n) is 8.86. The molecule has 0 aliphatic heterocycles. The third-order valence-electron chi connectivity index (χ3n) is 2.12. The van der Waals surface area contributed by atoms with Gasteiger partial charge in [0.15, 0.2) is 5.82 Å². The summed E-state index contributed by atoms with van der Waals surface area (Å²) in [6.45, 7) is 0. The molecule has 0 aliphatic rings. The topological polar surface area (TPSA) is 119 Å². The summed E-state index contributed by atoms with van der Waals surface area (Å²) in [4.78, 5) is 21.5. The molecule has 0 unspecified atom stereocenters. The zero-order chi connectivity index (χ0) is 13.1. The Balaban J connectivity index is 2.23. The molecule has 1 heterocycles. The van der Waals surface area contributed by atoms with E-state index in [0.717, 1.165) is 18.2 Å². The second-order valence-corrected chi connectivity index (χ2v) is 3.30. The van der Waals surface area contributed by atoms with Crippen molar-refractivity contribution in [1.82, 2.24) is 5.16 Å². The van der Waals surface area contributed by atoms with Gasteiger partial charge in [0.05, 0.1) is 16.6 Å². The van der Waals surface area contributed by atoms with E-state index in [1.807, 2.05) is 0 Å². The molecule has 2 N–H and O–H groups in total. The SMILES string of the molecule is O=C(Nc1ccon1)c1ccc([N+](=O)[O-])cc1O. The van der Waals surface area contributed by atoms with E-state index in [-0.39, 0.29) is 17.1 Å². The minimum absolute atomic E-state index is 0.0939. The molecule has 0 fully saturated rings. The molecule has 0 radical (unpaired) electrons. The molecule has 0 saturated heterocycles. The van der Waals surface area contributed by atoms with Gasteiger partial charge in [-0.2, -0.15) is 0 Å². The van der Waals surface area contributed by atoms with Crippen molar-refractivity contribution >= 4 is 17.4 Å². The molecular weight excluding hydrogens is 242 g/mol. The van der Waals surface area contributed by atoms with Crippen LogP contribution in [0.5, 0.6) is 5.75 Å². The third-order valence-corrected chi connectivity index (χ3v) is 2.12. The molecule has 0 spiro atoms. The van der Waals surface area contributed by atoms with Crippen molar-refractivity contribution in [2.24, 2.45) is 0 Å². The fourth-order valence-electron chi connectivity index (χ4n) is 1.29. The summed E-state index contributed by atoms with van der Waals surface area (Å²) < 4.78 is 4.52. The number of non-ortho nitro benzene ring substituents is 1. The van der Waals surface area contributed by atoms with Crippen molar-refractivity contribution in [3.63, 3.8) is 0 Å². The summed E-state index contributed by atoms with van der Waals surface area (Å²) in [6.07, 6.45) is 1.27. The minimum Gasteiger partial charge on any atom is -0.507 e. The Kier molecular flexibility index (Phi) is 2.92. The van der Waals surface area contributed by atoms with Crippen molar-refractivity contribution < 1.29 is 19.3 Å². The molecule has 1 aromatic carbocycles. The molecule has 18 heavy (non-hydrogen) atoms. The number of nitrogens with zero attached hydrogens (tertiary/aromatic N) is 2. The first-order valence-corrected chi connectivity index (χ1v) is 4.77. The number of phenols is 1. The van der Waals surface area contributed by atoms with Crippen molar-refractivity contribution in [2.75, 3.05) is 5.32 Å². The van der Waals surface area contributed by atoms with Crippen LogP contribution in [0.3, 0.4) is 0 Å². The van der Waals surface area contributed by atoms with Gasteiger partial charge in [0.1, 0.15) is 12.0 Å². The lowest BCUT2D eigenvalue weighted by atomic mass is 10.1. The van der Waals surface area contributed by atoms with E-state index in [4.69, 9.17) is 0 Å². The number of phenolic OH excluding ortho intramolecular Hbond substituents is 1. The molecule has 1 amide bonds. The first-order valence-electron chi connectivity index (χ1n) is 4.77. The Labute approximate surface area is 100.0 Å². The van der Waals surface area contributed by atoms with Gasteiger partial charge in [-0.3, -0.25) is 14.9 Å². The molecule has 1 aromatic heterocycles. The highest BCUT2D eigenvalue weighted by atomic mass is 16.6. The van der Waals surface area contributed by atoms with Gasteiger partial charge in [-0.1, -0.05) is 5.16 Å². The van der Waals surface area contributed by atoms with E-state index >= 15 is 0 Å². The second-order valence-electron chi connectivity index (χ2n) is 3.30. The zero-order valence-corrected chi connectivity index (χ0v) is 8.86. The van der Waals surface area contributed by atoms with Crippen LogP contribution in [0.4, 0.5) is 11.5 Å². The fourth-order valence-corrected chi connectivity index (χ4v) is 1.29. The highest BCUT2D eigenvalue weighted by molar-refractivity contribution is 6.05. The maximum atomic E-state index is 11.7. The molecule has 0 atom stereocenters. The quantitative estimate of drug-likeness (QED) is 0.629. The van der Waals surface area contributed by atoms with E-state index in [2.05, 4.69) is 15.0 Å². The van der Waals surface area contributed by atoms with E-state index in [0.29, 0.717) is 0 Å². The summed E-state index contributed by atoms with van der Waals surface area (Å²) >= 11 is 0. The van der Waals surface area contributed by atoms with Crippen LogP contribution < -0.4 is 5.32 Å². The van der Waals surface area contributed by atoms with Crippen LogP contribution in [-0.2, 0) is 0 Å². The molecule has 8 nitrogen and oxygen atoms in total. The number of hydrogen-bond donors (Lipinski definition) is 2. The lowest BCUT2D eigenvalue weighted by molar-refractivity contribution is -0.384. The second kappa shape index (κ2) is 4.53. The summed E-state index contributed by atoms with van der Waals surface area (Å²) in [6, 6.07) is 4.60. The van der Waals surface area contributed by atoms with Gasteiger partial charge in [-0.15, -0.1) is 0 Å². The van der Waals surface area contributed by atoms with Gasteiger partial charge in [0, 0.05) is 12.1 Å². The number of nitro benzene ring substituents is 1. The van der Waals surface area contributed by atoms with Crippen LogP contribution in [0, 0.1) is 10.1 Å². The van der Waals surface area contributed by atoms with Crippen molar-refractivity contribution in [3.05, 3.63) is 46.2 Å². The van der Waals surface area contributed by atoms with Crippen molar-refractivity contribution in [1.29, 1.82) is 0 Å². The molecule has 0 aliphatic carbocycles. The highest BCUT2D eigenvalue weighted by Crippen LogP contribution is 2.24. The van der Waals surface area contributed by atoms with E-state index < -0.39 is 16.6 Å². The van der Waals surface area contributed by atoms with Crippen molar-refractivity contribution in [2.45, 2.75) is 0 Å². The lowest BCUT2D eigenvalue weighted by Crippen LogP contribution is -2.12. The van der Waals surface area contributed by atoms with Gasteiger partial charge in [0.25, 0.3) is 11.6 Å². The van der Waals surface area contributed by atoms with Crippen LogP contribution in [0.15, 0.2) is 35.1 Å². The number of carbonyl (C=O) groups excluding carboxylic acids is 1. The van der Waals surface area contributed by atoms with Gasteiger partial charge in [0.2, 0.25) is 0 Å². The average Bonchev–Trinajstić information content (AvgIpc) is 2.81. The lowest BCUT2D eigenvalue weighted by Gasteiger charge is -2.03. The number of anilines is 1. The minimum atomic E-state index is -0.668. The van der Waals surface area contributed by atoms with Crippen LogP contribution in [0.25, 0.3) is 0 Å². The standard InChI is InChI=1S/C10H7N3O5/c14-8-5-6(13(16)17)1-2-7(8)10(15)11-9-3-4-18-12-9/h1-5,14H,(H,11,12,15). The van der Waals surface area contributed by atoms with E-state index in [1.54, 1.807) is 0 Å². The third kappa shape index (κ3) is 2.26. The van der Waals surface area contributed by atoms with Gasteiger partial charge < -0.3 is 14.9 Å². The molecule has 92 valence electrons. The first-order chi connectivity index (χ1) is 8.58. The molecule has 2 aromatic rings. The monoisotopic (exact) mass is 249 g/mol. The molecular formula is C10H7N3O5. The normalized spacial score (nSPS) is 10.0. The summed E-state index contributed by atoms with van der Waals surface area (Å²) in [7, 11) is 0. The summed E-state index contributed by atoms with van der Waals surface area (Å²) in [5, 5.41) is 25.8. The Hall–Kier alpha value is -2.90. The van der Waals surface area contributed by atoms with Crippen LogP contribution >= 0.6 is 0 Å². The number of aromatic hydroxyl groups is 1. The number of amides is 1. The Morgan fingerprint density at radius 2 is 2.22 bits per heavy atom. The van der Waals surface area contributed by atoms with E-state index in [1.165, 1.54) is 12.3 Å². The number of benzene rings is 1.